The molecule has 0 aliphatic heterocycles. The smallest absolute Gasteiger partial charge is 0.123 e. The fourth-order valence-electron chi connectivity index (χ4n) is 2.44. The first-order valence-corrected chi connectivity index (χ1v) is 7.39. The topological polar surface area (TPSA) is 38.5 Å². The van der Waals surface area contributed by atoms with Crippen LogP contribution in [0.3, 0.4) is 0 Å². The summed E-state index contributed by atoms with van der Waals surface area (Å²) < 4.78 is 5.41. The molecule has 0 spiro atoms. The van der Waals surface area contributed by atoms with Crippen molar-refractivity contribution < 1.29 is 4.74 Å². The Morgan fingerprint density at radius 1 is 1.00 bits per heavy atom. The molecule has 0 radical (unpaired) electrons. The number of methoxy groups -OCH3 is 1. The number of hydrogen-bond donors (Lipinski definition) is 1. The van der Waals surface area contributed by atoms with Crippen LogP contribution in [0.2, 0.25) is 0 Å². The van der Waals surface area contributed by atoms with Gasteiger partial charge in [-0.15, -0.1) is 0 Å². The first kappa shape index (κ1) is 15.5. The largest absolute Gasteiger partial charge is 0.496 e. The predicted molar refractivity (Wildman–Crippen MR) is 87.1 cm³/mol. The Morgan fingerprint density at radius 3 is 2.33 bits per heavy atom. The summed E-state index contributed by atoms with van der Waals surface area (Å²) in [6.07, 6.45) is 0. The van der Waals surface area contributed by atoms with Crippen molar-refractivity contribution >= 4 is 0 Å². The molecule has 0 bridgehead atoms. The third-order valence-corrected chi connectivity index (χ3v) is 3.67. The van der Waals surface area contributed by atoms with Crippen molar-refractivity contribution in [2.75, 3.05) is 13.7 Å². The van der Waals surface area contributed by atoms with Gasteiger partial charge in [0, 0.05) is 25.2 Å². The van der Waals surface area contributed by atoms with Gasteiger partial charge in [-0.3, -0.25) is 4.90 Å². The van der Waals surface area contributed by atoms with Gasteiger partial charge in [0.25, 0.3) is 0 Å². The summed E-state index contributed by atoms with van der Waals surface area (Å²) in [5, 5.41) is 0. The van der Waals surface area contributed by atoms with Crippen molar-refractivity contribution in [1.29, 1.82) is 0 Å². The Kier molecular flexibility index (Phi) is 5.78. The molecule has 0 unspecified atom stereocenters. The standard InChI is InChI=1S/C18H24N2O/c1-3-20(13-15-7-5-4-6-8-15)14-16-9-10-17(12-19)18(11-16)21-2/h4-11H,3,12-14,19H2,1-2H3. The minimum absolute atomic E-state index is 0.505. The summed E-state index contributed by atoms with van der Waals surface area (Å²) in [7, 11) is 1.69. The molecule has 3 nitrogen and oxygen atoms in total. The van der Waals surface area contributed by atoms with Crippen LogP contribution in [0.5, 0.6) is 5.75 Å². The number of nitrogens with two attached hydrogens (primary N) is 1. The van der Waals surface area contributed by atoms with Crippen molar-refractivity contribution in [3.8, 4) is 5.75 Å². The van der Waals surface area contributed by atoms with E-state index >= 15 is 0 Å². The zero-order valence-corrected chi connectivity index (χ0v) is 12.9. The maximum Gasteiger partial charge on any atom is 0.123 e. The molecule has 0 amide bonds. The van der Waals surface area contributed by atoms with Crippen LogP contribution in [0.25, 0.3) is 0 Å². The van der Waals surface area contributed by atoms with Crippen molar-refractivity contribution in [1.82, 2.24) is 4.90 Å². The number of hydrogen-bond acceptors (Lipinski definition) is 3. The lowest BCUT2D eigenvalue weighted by Crippen LogP contribution is -2.22. The molecular formula is C18H24N2O. The second-order valence-corrected chi connectivity index (χ2v) is 5.14. The summed E-state index contributed by atoms with van der Waals surface area (Å²) in [6, 6.07) is 16.8. The summed E-state index contributed by atoms with van der Waals surface area (Å²) in [4.78, 5) is 2.41. The third kappa shape index (κ3) is 4.31. The van der Waals surface area contributed by atoms with Gasteiger partial charge >= 0.3 is 0 Å². The van der Waals surface area contributed by atoms with E-state index in [0.29, 0.717) is 6.54 Å². The normalized spacial score (nSPS) is 10.9. The average molecular weight is 284 g/mol. The molecule has 112 valence electrons. The lowest BCUT2D eigenvalue weighted by molar-refractivity contribution is 0.271. The quantitative estimate of drug-likeness (QED) is 0.848. The molecule has 0 saturated carbocycles. The Labute approximate surface area is 127 Å². The fourth-order valence-corrected chi connectivity index (χ4v) is 2.44. The van der Waals surface area contributed by atoms with Crippen LogP contribution in [-0.2, 0) is 19.6 Å². The fraction of sp³-hybridized carbons (Fsp3) is 0.333. The van der Waals surface area contributed by atoms with E-state index in [9.17, 15) is 0 Å². The van der Waals surface area contributed by atoms with Gasteiger partial charge in [0.2, 0.25) is 0 Å². The van der Waals surface area contributed by atoms with Gasteiger partial charge < -0.3 is 10.5 Å². The molecule has 0 fully saturated rings. The van der Waals surface area contributed by atoms with E-state index in [2.05, 4.69) is 60.4 Å². The number of rotatable bonds is 7. The number of benzene rings is 2. The van der Waals surface area contributed by atoms with Crippen molar-refractivity contribution in [3.63, 3.8) is 0 Å². The second kappa shape index (κ2) is 7.81. The Balaban J connectivity index is 2.08. The Bertz CT molecular complexity index is 554. The molecule has 0 saturated heterocycles. The van der Waals surface area contributed by atoms with Crippen LogP contribution in [0.4, 0.5) is 0 Å². The van der Waals surface area contributed by atoms with Crippen molar-refractivity contribution in [3.05, 3.63) is 65.2 Å². The molecule has 0 heterocycles. The Hall–Kier alpha value is -1.84. The second-order valence-electron chi connectivity index (χ2n) is 5.14. The van der Waals surface area contributed by atoms with Crippen molar-refractivity contribution in [2.45, 2.75) is 26.6 Å². The molecule has 0 aliphatic rings. The number of nitrogens with zero attached hydrogens (tertiary/aromatic N) is 1. The monoisotopic (exact) mass is 284 g/mol. The van der Waals surface area contributed by atoms with Crippen LogP contribution in [-0.4, -0.2) is 18.6 Å². The summed E-state index contributed by atoms with van der Waals surface area (Å²) in [6.45, 7) is 5.57. The zero-order valence-electron chi connectivity index (χ0n) is 12.9. The van der Waals surface area contributed by atoms with E-state index in [1.807, 2.05) is 0 Å². The molecule has 3 heteroatoms. The molecule has 0 aromatic heterocycles. The van der Waals surface area contributed by atoms with Crippen LogP contribution in [0, 0.1) is 0 Å². The van der Waals surface area contributed by atoms with Crippen LogP contribution >= 0.6 is 0 Å². The molecular weight excluding hydrogens is 260 g/mol. The Morgan fingerprint density at radius 2 is 1.71 bits per heavy atom. The van der Waals surface area contributed by atoms with Crippen LogP contribution in [0.15, 0.2) is 48.5 Å². The van der Waals surface area contributed by atoms with Crippen molar-refractivity contribution in [2.24, 2.45) is 5.73 Å². The van der Waals surface area contributed by atoms with Gasteiger partial charge in [-0.2, -0.15) is 0 Å². The minimum atomic E-state index is 0.505. The molecule has 2 N–H and O–H groups in total. The molecule has 2 rings (SSSR count). The highest BCUT2D eigenvalue weighted by atomic mass is 16.5. The van der Waals surface area contributed by atoms with E-state index in [-0.39, 0.29) is 0 Å². The van der Waals surface area contributed by atoms with E-state index in [0.717, 1.165) is 30.9 Å². The summed E-state index contributed by atoms with van der Waals surface area (Å²) in [5.74, 6) is 0.880. The highest BCUT2D eigenvalue weighted by Crippen LogP contribution is 2.21. The molecule has 21 heavy (non-hydrogen) atoms. The maximum absolute atomic E-state index is 5.72. The SMILES string of the molecule is CCN(Cc1ccccc1)Cc1ccc(CN)c(OC)c1. The lowest BCUT2D eigenvalue weighted by atomic mass is 10.1. The molecule has 0 aliphatic carbocycles. The molecule has 0 atom stereocenters. The maximum atomic E-state index is 5.72. The number of ether oxygens (including phenoxy) is 1. The van der Waals surface area contributed by atoms with Crippen LogP contribution in [0.1, 0.15) is 23.6 Å². The van der Waals surface area contributed by atoms with E-state index < -0.39 is 0 Å². The lowest BCUT2D eigenvalue weighted by Gasteiger charge is -2.21. The predicted octanol–water partition coefficient (Wildman–Crippen LogP) is 3.18. The summed E-state index contributed by atoms with van der Waals surface area (Å²) >= 11 is 0. The van der Waals surface area contributed by atoms with Gasteiger partial charge in [-0.05, 0) is 23.7 Å². The first-order valence-electron chi connectivity index (χ1n) is 7.39. The van der Waals surface area contributed by atoms with Gasteiger partial charge in [0.05, 0.1) is 7.11 Å². The van der Waals surface area contributed by atoms with Gasteiger partial charge in [-0.25, -0.2) is 0 Å². The highest BCUT2D eigenvalue weighted by Gasteiger charge is 2.08. The van der Waals surface area contributed by atoms with Gasteiger partial charge in [0.15, 0.2) is 0 Å². The zero-order chi connectivity index (χ0) is 15.1. The van der Waals surface area contributed by atoms with Gasteiger partial charge in [-0.1, -0.05) is 49.4 Å². The van der Waals surface area contributed by atoms with E-state index in [1.165, 1.54) is 11.1 Å². The summed E-state index contributed by atoms with van der Waals surface area (Å²) in [5.41, 5.74) is 9.35. The molecule has 2 aromatic rings. The average Bonchev–Trinajstić information content (AvgIpc) is 2.55. The van der Waals surface area contributed by atoms with Crippen LogP contribution < -0.4 is 10.5 Å². The van der Waals surface area contributed by atoms with E-state index in [4.69, 9.17) is 10.5 Å². The molecule has 2 aromatic carbocycles. The first-order chi connectivity index (χ1) is 10.3. The highest BCUT2D eigenvalue weighted by molar-refractivity contribution is 5.37. The minimum Gasteiger partial charge on any atom is -0.496 e. The van der Waals surface area contributed by atoms with E-state index in [1.54, 1.807) is 7.11 Å². The third-order valence-electron chi connectivity index (χ3n) is 3.67. The van der Waals surface area contributed by atoms with Gasteiger partial charge in [0.1, 0.15) is 5.75 Å².